The number of likely N-dealkylation sites (tertiary alicyclic amines) is 1. The van der Waals surface area contributed by atoms with Gasteiger partial charge in [0.25, 0.3) is 0 Å². The largest absolute Gasteiger partial charge is 0.493 e. The van der Waals surface area contributed by atoms with E-state index in [1.807, 2.05) is 30.3 Å². The van der Waals surface area contributed by atoms with Crippen molar-refractivity contribution in [3.05, 3.63) is 53.8 Å². The van der Waals surface area contributed by atoms with E-state index in [9.17, 15) is 4.39 Å². The predicted octanol–water partition coefficient (Wildman–Crippen LogP) is 3.96. The number of para-hydroxylation sites is 1. The molecule has 0 atom stereocenters. The average Bonchev–Trinajstić information content (AvgIpc) is 2.68. The van der Waals surface area contributed by atoms with Crippen LogP contribution in [0, 0.1) is 5.82 Å². The van der Waals surface area contributed by atoms with Crippen molar-refractivity contribution in [1.29, 1.82) is 0 Å². The quantitative estimate of drug-likeness (QED) is 0.812. The molecule has 4 nitrogen and oxygen atoms in total. The first kappa shape index (κ1) is 18.5. The van der Waals surface area contributed by atoms with Crippen molar-refractivity contribution in [2.24, 2.45) is 0 Å². The summed E-state index contributed by atoms with van der Waals surface area (Å²) in [5.74, 6) is 1.33. The van der Waals surface area contributed by atoms with Crippen LogP contribution in [0.2, 0.25) is 0 Å². The number of halogens is 1. The van der Waals surface area contributed by atoms with Gasteiger partial charge in [-0.3, -0.25) is 0 Å². The zero-order valence-electron chi connectivity index (χ0n) is 15.5. The molecule has 5 heteroatoms. The molecule has 0 radical (unpaired) electrons. The van der Waals surface area contributed by atoms with Crippen LogP contribution in [0.4, 0.5) is 10.1 Å². The molecule has 2 aromatic carbocycles. The fourth-order valence-corrected chi connectivity index (χ4v) is 3.46. The number of nitrogens with one attached hydrogen (secondary N) is 1. The number of nitrogens with zero attached hydrogens (tertiary/aromatic N) is 1. The lowest BCUT2D eigenvalue weighted by molar-refractivity contribution is 0.221. The van der Waals surface area contributed by atoms with Gasteiger partial charge in [0.2, 0.25) is 0 Å². The van der Waals surface area contributed by atoms with Gasteiger partial charge in [-0.2, -0.15) is 0 Å². The Kier molecular flexibility index (Phi) is 6.34. The summed E-state index contributed by atoms with van der Waals surface area (Å²) in [7, 11) is 3.32. The van der Waals surface area contributed by atoms with E-state index in [1.54, 1.807) is 14.2 Å². The Hall–Kier alpha value is -2.27. The number of anilines is 1. The summed E-state index contributed by atoms with van der Waals surface area (Å²) in [5, 5.41) is 3.60. The minimum absolute atomic E-state index is 0.173. The van der Waals surface area contributed by atoms with Crippen molar-refractivity contribution in [3.8, 4) is 11.5 Å². The molecule has 0 bridgehead atoms. The van der Waals surface area contributed by atoms with Crippen LogP contribution in [-0.2, 0) is 6.42 Å². The summed E-state index contributed by atoms with van der Waals surface area (Å²) >= 11 is 0. The Morgan fingerprint density at radius 3 is 2.42 bits per heavy atom. The van der Waals surface area contributed by atoms with Crippen LogP contribution < -0.4 is 14.8 Å². The number of ether oxygens (including phenoxy) is 2. The summed E-state index contributed by atoms with van der Waals surface area (Å²) in [5.41, 5.74) is 2.17. The Bertz CT molecular complexity index is 698. The third-order valence-electron chi connectivity index (χ3n) is 4.98. The maximum Gasteiger partial charge on any atom is 0.183 e. The molecule has 0 saturated carbocycles. The zero-order chi connectivity index (χ0) is 18.4. The average molecular weight is 358 g/mol. The molecule has 0 spiro atoms. The highest BCUT2D eigenvalue weighted by atomic mass is 19.1. The minimum atomic E-state index is -0.173. The summed E-state index contributed by atoms with van der Waals surface area (Å²) in [6.07, 6.45) is 3.13. The van der Waals surface area contributed by atoms with Gasteiger partial charge in [0, 0.05) is 25.7 Å². The number of piperidine rings is 1. The SMILES string of the molecule is COc1cccc(NC2CCN(CCc3ccc(F)cc3)CC2)c1OC. The van der Waals surface area contributed by atoms with Gasteiger partial charge in [-0.25, -0.2) is 4.39 Å². The van der Waals surface area contributed by atoms with Gasteiger partial charge in [-0.15, -0.1) is 0 Å². The normalized spacial score (nSPS) is 15.7. The molecule has 1 heterocycles. The molecule has 1 fully saturated rings. The molecular weight excluding hydrogens is 331 g/mol. The minimum Gasteiger partial charge on any atom is -0.493 e. The lowest BCUT2D eigenvalue weighted by Crippen LogP contribution is -2.40. The van der Waals surface area contributed by atoms with Gasteiger partial charge >= 0.3 is 0 Å². The van der Waals surface area contributed by atoms with Crippen LogP contribution >= 0.6 is 0 Å². The van der Waals surface area contributed by atoms with Crippen LogP contribution in [0.5, 0.6) is 11.5 Å². The summed E-state index contributed by atoms with van der Waals surface area (Å²) in [6.45, 7) is 3.14. The molecule has 140 valence electrons. The van der Waals surface area contributed by atoms with E-state index in [-0.39, 0.29) is 5.82 Å². The van der Waals surface area contributed by atoms with Crippen molar-refractivity contribution in [3.63, 3.8) is 0 Å². The molecule has 1 saturated heterocycles. The molecule has 0 amide bonds. The standard InChI is InChI=1S/C21H27FN2O2/c1-25-20-5-3-4-19(21(20)26-2)23-18-11-14-24(15-12-18)13-10-16-6-8-17(22)9-7-16/h3-9,18,23H,10-15H2,1-2H3. The highest BCUT2D eigenvalue weighted by molar-refractivity contribution is 5.63. The molecule has 1 aliphatic heterocycles. The van der Waals surface area contributed by atoms with Crippen LogP contribution in [-0.4, -0.2) is 44.8 Å². The van der Waals surface area contributed by atoms with Crippen molar-refractivity contribution < 1.29 is 13.9 Å². The fourth-order valence-electron chi connectivity index (χ4n) is 3.46. The Labute approximate surface area is 154 Å². The molecule has 26 heavy (non-hydrogen) atoms. The zero-order valence-corrected chi connectivity index (χ0v) is 15.5. The lowest BCUT2D eigenvalue weighted by Gasteiger charge is -2.33. The molecule has 1 aliphatic rings. The molecule has 0 unspecified atom stereocenters. The Morgan fingerprint density at radius 2 is 1.77 bits per heavy atom. The van der Waals surface area contributed by atoms with Gasteiger partial charge < -0.3 is 19.7 Å². The molecule has 2 aromatic rings. The second-order valence-electron chi connectivity index (χ2n) is 6.68. The topological polar surface area (TPSA) is 33.7 Å². The number of hydrogen-bond acceptors (Lipinski definition) is 4. The Morgan fingerprint density at radius 1 is 1.04 bits per heavy atom. The second kappa shape index (κ2) is 8.90. The molecule has 3 rings (SSSR count). The molecule has 0 aliphatic carbocycles. The van der Waals surface area contributed by atoms with Crippen molar-refractivity contribution >= 4 is 5.69 Å². The smallest absolute Gasteiger partial charge is 0.183 e. The summed E-state index contributed by atoms with van der Waals surface area (Å²) < 4.78 is 23.8. The third kappa shape index (κ3) is 4.67. The maximum absolute atomic E-state index is 13.0. The summed E-state index contributed by atoms with van der Waals surface area (Å²) in [6, 6.07) is 13.2. The van der Waals surface area contributed by atoms with Crippen LogP contribution in [0.3, 0.4) is 0 Å². The van der Waals surface area contributed by atoms with Crippen molar-refractivity contribution in [1.82, 2.24) is 4.90 Å². The third-order valence-corrected chi connectivity index (χ3v) is 4.98. The highest BCUT2D eigenvalue weighted by Gasteiger charge is 2.20. The first-order valence-corrected chi connectivity index (χ1v) is 9.14. The van der Waals surface area contributed by atoms with E-state index >= 15 is 0 Å². The van der Waals surface area contributed by atoms with Gasteiger partial charge in [0.1, 0.15) is 5.82 Å². The number of methoxy groups -OCH3 is 2. The second-order valence-corrected chi connectivity index (χ2v) is 6.68. The molecular formula is C21H27FN2O2. The van der Waals surface area contributed by atoms with Crippen LogP contribution in [0.1, 0.15) is 18.4 Å². The fraction of sp³-hybridized carbons (Fsp3) is 0.429. The van der Waals surface area contributed by atoms with E-state index in [1.165, 1.54) is 17.7 Å². The van der Waals surface area contributed by atoms with Gasteiger partial charge in [-0.1, -0.05) is 18.2 Å². The molecule has 1 N–H and O–H groups in total. The van der Waals surface area contributed by atoms with Gasteiger partial charge in [0.05, 0.1) is 19.9 Å². The van der Waals surface area contributed by atoms with Gasteiger partial charge in [0.15, 0.2) is 11.5 Å². The first-order chi connectivity index (χ1) is 12.7. The van der Waals surface area contributed by atoms with E-state index in [4.69, 9.17) is 9.47 Å². The van der Waals surface area contributed by atoms with Crippen molar-refractivity contribution in [2.75, 3.05) is 39.2 Å². The number of benzene rings is 2. The highest BCUT2D eigenvalue weighted by Crippen LogP contribution is 2.35. The van der Waals surface area contributed by atoms with E-state index < -0.39 is 0 Å². The first-order valence-electron chi connectivity index (χ1n) is 9.14. The number of hydrogen-bond donors (Lipinski definition) is 1. The maximum atomic E-state index is 13.0. The van der Waals surface area contributed by atoms with Gasteiger partial charge in [-0.05, 0) is 49.1 Å². The summed E-state index contributed by atoms with van der Waals surface area (Å²) in [4.78, 5) is 2.48. The van der Waals surface area contributed by atoms with Crippen LogP contribution in [0.15, 0.2) is 42.5 Å². The van der Waals surface area contributed by atoms with E-state index in [0.717, 1.165) is 56.1 Å². The molecule has 0 aromatic heterocycles. The number of rotatable bonds is 7. The monoisotopic (exact) mass is 358 g/mol. The van der Waals surface area contributed by atoms with E-state index in [2.05, 4.69) is 10.2 Å². The lowest BCUT2D eigenvalue weighted by atomic mass is 10.0. The van der Waals surface area contributed by atoms with Crippen LogP contribution in [0.25, 0.3) is 0 Å². The Balaban J connectivity index is 1.49. The predicted molar refractivity (Wildman–Crippen MR) is 103 cm³/mol. The van der Waals surface area contributed by atoms with Crippen molar-refractivity contribution in [2.45, 2.75) is 25.3 Å². The van der Waals surface area contributed by atoms with E-state index in [0.29, 0.717) is 6.04 Å².